The van der Waals surface area contributed by atoms with Crippen LogP contribution in [0.4, 0.5) is 5.69 Å². The van der Waals surface area contributed by atoms with Crippen LogP contribution in [0.15, 0.2) is 60.2 Å². The topological polar surface area (TPSA) is 104 Å². The summed E-state index contributed by atoms with van der Waals surface area (Å²) in [7, 11) is 0. The van der Waals surface area contributed by atoms with E-state index >= 15 is 0 Å². The molecule has 7 nitrogen and oxygen atoms in total. The van der Waals surface area contributed by atoms with Gasteiger partial charge in [0.05, 0.1) is 12.2 Å². The number of carboxylic acids is 1. The molecule has 1 heterocycles. The van der Waals surface area contributed by atoms with Gasteiger partial charge in [0.1, 0.15) is 17.4 Å². The van der Waals surface area contributed by atoms with E-state index < -0.39 is 11.9 Å². The normalized spacial score (nSPS) is 11.0. The second-order valence-electron chi connectivity index (χ2n) is 7.10. The lowest BCUT2D eigenvalue weighted by Gasteiger charge is -2.10. The molecule has 0 fully saturated rings. The molecule has 7 heteroatoms. The third kappa shape index (κ3) is 4.87. The number of nitrogens with one attached hydrogen (secondary N) is 1. The molecule has 0 atom stereocenters. The van der Waals surface area contributed by atoms with Crippen LogP contribution >= 0.6 is 0 Å². The lowest BCUT2D eigenvalue weighted by molar-refractivity contribution is -0.112. The number of hydrogen-bond acceptors (Lipinski definition) is 4. The SMILES string of the molecule is CCOc1cccc(NC(=O)C(C#N)=Cc2cc(C)n(-c3cccc(C(=O)O)c3)c2C)c1. The summed E-state index contributed by atoms with van der Waals surface area (Å²) in [6.07, 6.45) is 1.53. The molecule has 0 spiro atoms. The number of aromatic carboxylic acids is 1. The van der Waals surface area contributed by atoms with Gasteiger partial charge in [-0.1, -0.05) is 12.1 Å². The van der Waals surface area contributed by atoms with E-state index in [1.165, 1.54) is 12.1 Å². The number of nitriles is 1. The van der Waals surface area contributed by atoms with Gasteiger partial charge in [-0.3, -0.25) is 4.79 Å². The average Bonchev–Trinajstić information content (AvgIpc) is 3.05. The van der Waals surface area contributed by atoms with Gasteiger partial charge in [-0.05, 0) is 68.8 Å². The highest BCUT2D eigenvalue weighted by molar-refractivity contribution is 6.09. The number of rotatable bonds is 7. The Bertz CT molecular complexity index is 1250. The van der Waals surface area contributed by atoms with E-state index in [1.54, 1.807) is 36.4 Å². The van der Waals surface area contributed by atoms with Crippen LogP contribution in [0.25, 0.3) is 11.8 Å². The molecule has 1 aromatic heterocycles. The van der Waals surface area contributed by atoms with E-state index in [-0.39, 0.29) is 11.1 Å². The summed E-state index contributed by atoms with van der Waals surface area (Å²) in [5.74, 6) is -0.912. The number of nitrogens with zero attached hydrogens (tertiary/aromatic N) is 2. The number of anilines is 1. The first kappa shape index (κ1) is 22.4. The summed E-state index contributed by atoms with van der Waals surface area (Å²) in [5, 5.41) is 21.6. The first-order chi connectivity index (χ1) is 15.3. The predicted octanol–water partition coefficient (Wildman–Crippen LogP) is 4.74. The van der Waals surface area contributed by atoms with Gasteiger partial charge < -0.3 is 19.7 Å². The van der Waals surface area contributed by atoms with Crippen LogP contribution in [0.5, 0.6) is 5.75 Å². The first-order valence-corrected chi connectivity index (χ1v) is 10.0. The highest BCUT2D eigenvalue weighted by Gasteiger charge is 2.15. The number of carboxylic acid groups (broad SMARTS) is 1. The molecule has 0 bridgehead atoms. The van der Waals surface area contributed by atoms with Gasteiger partial charge in [0, 0.05) is 28.8 Å². The molecule has 0 radical (unpaired) electrons. The van der Waals surface area contributed by atoms with Crippen molar-refractivity contribution in [1.29, 1.82) is 5.26 Å². The Morgan fingerprint density at radius 2 is 1.91 bits per heavy atom. The van der Waals surface area contributed by atoms with Crippen molar-refractivity contribution in [2.24, 2.45) is 0 Å². The molecule has 0 aliphatic heterocycles. The summed E-state index contributed by atoms with van der Waals surface area (Å²) in [6, 6.07) is 17.4. The first-order valence-electron chi connectivity index (χ1n) is 10.0. The minimum Gasteiger partial charge on any atom is -0.494 e. The molecule has 2 N–H and O–H groups in total. The summed E-state index contributed by atoms with van der Waals surface area (Å²) in [5.41, 5.74) is 3.67. The predicted molar refractivity (Wildman–Crippen MR) is 122 cm³/mol. The molecular formula is C25H23N3O4. The Balaban J connectivity index is 1.91. The number of aromatic nitrogens is 1. The zero-order valence-electron chi connectivity index (χ0n) is 18.0. The van der Waals surface area contributed by atoms with Gasteiger partial charge in [0.2, 0.25) is 0 Å². The third-order valence-electron chi connectivity index (χ3n) is 4.89. The number of ether oxygens (including phenoxy) is 1. The molecule has 3 aromatic rings. The van der Waals surface area contributed by atoms with Crippen molar-refractivity contribution < 1.29 is 19.4 Å². The molecule has 0 aliphatic rings. The van der Waals surface area contributed by atoms with Crippen LogP contribution in [-0.4, -0.2) is 28.2 Å². The zero-order chi connectivity index (χ0) is 23.3. The number of carbonyl (C=O) groups excluding carboxylic acids is 1. The molecule has 0 saturated carbocycles. The van der Waals surface area contributed by atoms with Gasteiger partial charge in [-0.25, -0.2) is 4.79 Å². The minimum absolute atomic E-state index is 0.0497. The molecule has 1 amide bonds. The van der Waals surface area contributed by atoms with Crippen LogP contribution in [0, 0.1) is 25.2 Å². The molecule has 0 aliphatic carbocycles. The molecule has 162 valence electrons. The number of carbonyl (C=O) groups is 2. The Hall–Kier alpha value is -4.31. The number of hydrogen-bond donors (Lipinski definition) is 2. The number of aryl methyl sites for hydroxylation is 1. The number of benzene rings is 2. The quantitative estimate of drug-likeness (QED) is 0.417. The average molecular weight is 429 g/mol. The van der Waals surface area contributed by atoms with Crippen molar-refractivity contribution in [3.05, 3.63) is 82.7 Å². The van der Waals surface area contributed by atoms with Crippen LogP contribution < -0.4 is 10.1 Å². The molecule has 32 heavy (non-hydrogen) atoms. The summed E-state index contributed by atoms with van der Waals surface area (Å²) >= 11 is 0. The van der Waals surface area contributed by atoms with Crippen LogP contribution in [-0.2, 0) is 4.79 Å². The van der Waals surface area contributed by atoms with Crippen molar-refractivity contribution in [1.82, 2.24) is 4.57 Å². The van der Waals surface area contributed by atoms with Crippen LogP contribution in [0.1, 0.15) is 34.2 Å². The van der Waals surface area contributed by atoms with Crippen LogP contribution in [0.2, 0.25) is 0 Å². The Morgan fingerprint density at radius 1 is 1.16 bits per heavy atom. The molecule has 2 aromatic carbocycles. The minimum atomic E-state index is -1.01. The summed E-state index contributed by atoms with van der Waals surface area (Å²) in [4.78, 5) is 24.0. The van der Waals surface area contributed by atoms with Gasteiger partial charge >= 0.3 is 5.97 Å². The lowest BCUT2D eigenvalue weighted by atomic mass is 10.1. The smallest absolute Gasteiger partial charge is 0.335 e. The second-order valence-corrected chi connectivity index (χ2v) is 7.10. The van der Waals surface area contributed by atoms with E-state index in [1.807, 2.05) is 43.5 Å². The molecular weight excluding hydrogens is 406 g/mol. The molecule has 0 unspecified atom stereocenters. The van der Waals surface area contributed by atoms with E-state index in [4.69, 9.17) is 4.74 Å². The van der Waals surface area contributed by atoms with Crippen molar-refractivity contribution in [3.8, 4) is 17.5 Å². The maximum Gasteiger partial charge on any atom is 0.335 e. The van der Waals surface area contributed by atoms with Crippen molar-refractivity contribution in [2.75, 3.05) is 11.9 Å². The summed E-state index contributed by atoms with van der Waals surface area (Å²) < 4.78 is 7.32. The maximum atomic E-state index is 12.7. The lowest BCUT2D eigenvalue weighted by Crippen LogP contribution is -2.13. The number of amides is 1. The standard InChI is InChI=1S/C25H23N3O4/c1-4-32-23-10-6-8-21(14-23)27-24(29)20(15-26)12-19-11-16(2)28(17(19)3)22-9-5-7-18(13-22)25(30)31/h5-14H,4H2,1-3H3,(H,27,29)(H,30,31). The maximum absolute atomic E-state index is 12.7. The fourth-order valence-corrected chi connectivity index (χ4v) is 3.44. The van der Waals surface area contributed by atoms with E-state index in [0.717, 1.165) is 11.4 Å². The highest BCUT2D eigenvalue weighted by atomic mass is 16.5. The second kappa shape index (κ2) is 9.67. The summed E-state index contributed by atoms with van der Waals surface area (Å²) in [6.45, 7) is 6.11. The van der Waals surface area contributed by atoms with Gasteiger partial charge in [0.25, 0.3) is 5.91 Å². The van der Waals surface area contributed by atoms with Crippen molar-refractivity contribution in [3.63, 3.8) is 0 Å². The van der Waals surface area contributed by atoms with E-state index in [0.29, 0.717) is 29.3 Å². The highest BCUT2D eigenvalue weighted by Crippen LogP contribution is 2.24. The fraction of sp³-hybridized carbons (Fsp3) is 0.160. The Kier molecular flexibility index (Phi) is 6.76. The Labute approximate surface area is 186 Å². The van der Waals surface area contributed by atoms with Crippen LogP contribution in [0.3, 0.4) is 0 Å². The van der Waals surface area contributed by atoms with E-state index in [2.05, 4.69) is 5.32 Å². The van der Waals surface area contributed by atoms with Gasteiger partial charge in [-0.2, -0.15) is 5.26 Å². The van der Waals surface area contributed by atoms with Gasteiger partial charge in [-0.15, -0.1) is 0 Å². The molecule has 0 saturated heterocycles. The van der Waals surface area contributed by atoms with Crippen molar-refractivity contribution in [2.45, 2.75) is 20.8 Å². The monoisotopic (exact) mass is 429 g/mol. The third-order valence-corrected chi connectivity index (χ3v) is 4.89. The van der Waals surface area contributed by atoms with Gasteiger partial charge in [0.15, 0.2) is 0 Å². The Morgan fingerprint density at radius 3 is 2.59 bits per heavy atom. The van der Waals surface area contributed by atoms with E-state index in [9.17, 15) is 20.0 Å². The fourth-order valence-electron chi connectivity index (χ4n) is 3.44. The zero-order valence-corrected chi connectivity index (χ0v) is 18.0. The van der Waals surface area contributed by atoms with Crippen molar-refractivity contribution >= 4 is 23.6 Å². The molecule has 3 rings (SSSR count). The largest absolute Gasteiger partial charge is 0.494 e.